The molecule has 124 valence electrons. The van der Waals surface area contributed by atoms with E-state index in [9.17, 15) is 4.39 Å². The fourth-order valence-electron chi connectivity index (χ4n) is 3.15. The molecule has 1 atom stereocenters. The number of nitrogens with one attached hydrogen (secondary N) is 1. The van der Waals surface area contributed by atoms with Crippen LogP contribution in [0.25, 0.3) is 0 Å². The van der Waals surface area contributed by atoms with Crippen molar-refractivity contribution in [3.63, 3.8) is 0 Å². The van der Waals surface area contributed by atoms with Crippen LogP contribution in [0, 0.1) is 18.7 Å². The zero-order valence-electron chi connectivity index (χ0n) is 14.4. The van der Waals surface area contributed by atoms with Crippen LogP contribution in [-0.2, 0) is 6.54 Å². The van der Waals surface area contributed by atoms with Crippen molar-refractivity contribution in [3.8, 4) is 0 Å². The summed E-state index contributed by atoms with van der Waals surface area (Å²) in [7, 11) is 2.19. The highest BCUT2D eigenvalue weighted by Crippen LogP contribution is 2.14. The minimum Gasteiger partial charge on any atom is -0.311 e. The number of hydrogen-bond donors (Lipinski definition) is 1. The van der Waals surface area contributed by atoms with Crippen LogP contribution in [0.2, 0.25) is 0 Å². The van der Waals surface area contributed by atoms with Gasteiger partial charge in [-0.2, -0.15) is 0 Å². The maximum Gasteiger partial charge on any atom is 0.123 e. The highest BCUT2D eigenvalue weighted by molar-refractivity contribution is 5.26. The molecule has 0 aliphatic carbocycles. The van der Waals surface area contributed by atoms with Gasteiger partial charge < -0.3 is 10.2 Å². The van der Waals surface area contributed by atoms with Crippen molar-refractivity contribution < 1.29 is 4.39 Å². The van der Waals surface area contributed by atoms with Crippen LogP contribution >= 0.6 is 0 Å². The van der Waals surface area contributed by atoms with E-state index in [1.54, 1.807) is 12.1 Å². The number of piperazine rings is 1. The topological polar surface area (TPSA) is 18.5 Å². The average molecular weight is 307 g/mol. The van der Waals surface area contributed by atoms with Crippen LogP contribution in [0.4, 0.5) is 4.39 Å². The van der Waals surface area contributed by atoms with E-state index in [1.165, 1.54) is 5.56 Å². The van der Waals surface area contributed by atoms with E-state index in [-0.39, 0.29) is 5.82 Å². The maximum atomic E-state index is 13.1. The summed E-state index contributed by atoms with van der Waals surface area (Å²) in [5, 5.41) is 3.57. The molecule has 1 fully saturated rings. The first-order chi connectivity index (χ1) is 10.5. The van der Waals surface area contributed by atoms with Gasteiger partial charge in [0.2, 0.25) is 0 Å². The molecule has 1 heterocycles. The molecular weight excluding hydrogens is 277 g/mol. The molecule has 2 rings (SSSR count). The summed E-state index contributed by atoms with van der Waals surface area (Å²) in [5.74, 6) is 0.476. The van der Waals surface area contributed by atoms with Gasteiger partial charge in [-0.3, -0.25) is 4.90 Å². The lowest BCUT2D eigenvalue weighted by Crippen LogP contribution is -2.53. The molecule has 3 nitrogen and oxygen atoms in total. The molecule has 1 saturated heterocycles. The second-order valence-corrected chi connectivity index (χ2v) is 6.85. The summed E-state index contributed by atoms with van der Waals surface area (Å²) in [6.07, 6.45) is 0. The summed E-state index contributed by atoms with van der Waals surface area (Å²) in [6, 6.07) is 5.61. The smallest absolute Gasteiger partial charge is 0.123 e. The van der Waals surface area contributed by atoms with Crippen molar-refractivity contribution >= 4 is 0 Å². The van der Waals surface area contributed by atoms with Crippen LogP contribution < -0.4 is 5.32 Å². The van der Waals surface area contributed by atoms with Gasteiger partial charge in [-0.1, -0.05) is 19.9 Å². The van der Waals surface area contributed by atoms with Crippen LogP contribution in [0.5, 0.6) is 0 Å². The number of rotatable bonds is 6. The van der Waals surface area contributed by atoms with Gasteiger partial charge in [-0.05, 0) is 43.1 Å². The number of benzene rings is 1. The van der Waals surface area contributed by atoms with Gasteiger partial charge in [0.05, 0.1) is 0 Å². The maximum absolute atomic E-state index is 13.1. The van der Waals surface area contributed by atoms with E-state index >= 15 is 0 Å². The van der Waals surface area contributed by atoms with Gasteiger partial charge in [0.15, 0.2) is 0 Å². The number of hydrogen-bond acceptors (Lipinski definition) is 3. The SMILES string of the molecule is Cc1cc(F)ccc1CNCC(C(C)C)N1CCN(C)CC1. The van der Waals surface area contributed by atoms with Crippen LogP contribution in [-0.4, -0.2) is 55.6 Å². The monoisotopic (exact) mass is 307 g/mol. The summed E-state index contributed by atoms with van der Waals surface area (Å²) in [5.41, 5.74) is 2.20. The van der Waals surface area contributed by atoms with Crippen LogP contribution in [0.3, 0.4) is 0 Å². The Labute approximate surface area is 134 Å². The van der Waals surface area contributed by atoms with Crippen LogP contribution in [0.15, 0.2) is 18.2 Å². The first-order valence-electron chi connectivity index (χ1n) is 8.35. The minimum atomic E-state index is -0.154. The van der Waals surface area contributed by atoms with Gasteiger partial charge in [0, 0.05) is 45.3 Å². The number of halogens is 1. The lowest BCUT2D eigenvalue weighted by molar-refractivity contribution is 0.0875. The average Bonchev–Trinajstić information content (AvgIpc) is 2.46. The molecule has 1 unspecified atom stereocenters. The highest BCUT2D eigenvalue weighted by Gasteiger charge is 2.24. The molecule has 0 saturated carbocycles. The van der Waals surface area contributed by atoms with Crippen molar-refractivity contribution in [3.05, 3.63) is 35.1 Å². The quantitative estimate of drug-likeness (QED) is 0.871. The summed E-state index contributed by atoms with van der Waals surface area (Å²) in [6.45, 7) is 13.0. The molecule has 0 spiro atoms. The molecular formula is C18H30FN3. The molecule has 0 radical (unpaired) electrons. The molecule has 4 heteroatoms. The van der Waals surface area contributed by atoms with E-state index in [2.05, 4.69) is 36.0 Å². The molecule has 1 aromatic carbocycles. The van der Waals surface area contributed by atoms with E-state index in [1.807, 2.05) is 13.0 Å². The standard InChI is InChI=1S/C18H30FN3/c1-14(2)18(22-9-7-21(4)8-10-22)13-20-12-16-5-6-17(19)11-15(16)3/h5-6,11,14,18,20H,7-10,12-13H2,1-4H3. The third-order valence-electron chi connectivity index (χ3n) is 4.75. The minimum absolute atomic E-state index is 0.154. The van der Waals surface area contributed by atoms with Crippen LogP contribution in [0.1, 0.15) is 25.0 Å². The Morgan fingerprint density at radius 1 is 1.18 bits per heavy atom. The van der Waals surface area contributed by atoms with Crippen molar-refractivity contribution in [2.75, 3.05) is 39.8 Å². The van der Waals surface area contributed by atoms with E-state index in [4.69, 9.17) is 0 Å². The Balaban J connectivity index is 1.86. The first kappa shape index (κ1) is 17.4. The molecule has 1 aliphatic heterocycles. The van der Waals surface area contributed by atoms with Gasteiger partial charge >= 0.3 is 0 Å². The van der Waals surface area contributed by atoms with Gasteiger partial charge in [0.25, 0.3) is 0 Å². The number of aryl methyl sites for hydroxylation is 1. The Morgan fingerprint density at radius 3 is 2.45 bits per heavy atom. The Morgan fingerprint density at radius 2 is 1.86 bits per heavy atom. The predicted molar refractivity (Wildman–Crippen MR) is 90.5 cm³/mol. The Hall–Kier alpha value is -0.970. The highest BCUT2D eigenvalue weighted by atomic mass is 19.1. The van der Waals surface area contributed by atoms with E-state index in [0.717, 1.165) is 44.8 Å². The van der Waals surface area contributed by atoms with E-state index < -0.39 is 0 Å². The van der Waals surface area contributed by atoms with Gasteiger partial charge in [0.1, 0.15) is 5.82 Å². The zero-order chi connectivity index (χ0) is 16.1. The fraction of sp³-hybridized carbons (Fsp3) is 0.667. The third kappa shape index (κ3) is 4.77. The molecule has 0 amide bonds. The molecule has 1 aromatic rings. The summed E-state index contributed by atoms with van der Waals surface area (Å²) in [4.78, 5) is 5.00. The molecule has 22 heavy (non-hydrogen) atoms. The summed E-state index contributed by atoms with van der Waals surface area (Å²) >= 11 is 0. The Kier molecular flexibility index (Phi) is 6.36. The molecule has 1 N–H and O–H groups in total. The van der Waals surface area contributed by atoms with Crippen molar-refractivity contribution in [2.45, 2.75) is 33.4 Å². The zero-order valence-corrected chi connectivity index (χ0v) is 14.4. The second-order valence-electron chi connectivity index (χ2n) is 6.85. The van der Waals surface area contributed by atoms with Gasteiger partial charge in [-0.25, -0.2) is 4.39 Å². The largest absolute Gasteiger partial charge is 0.311 e. The van der Waals surface area contributed by atoms with Crippen molar-refractivity contribution in [1.82, 2.24) is 15.1 Å². The lowest BCUT2D eigenvalue weighted by atomic mass is 10.0. The lowest BCUT2D eigenvalue weighted by Gasteiger charge is -2.40. The molecule has 0 aromatic heterocycles. The summed E-state index contributed by atoms with van der Waals surface area (Å²) < 4.78 is 13.1. The molecule has 0 bridgehead atoms. The number of likely N-dealkylation sites (N-methyl/N-ethyl adjacent to an activating group) is 1. The third-order valence-corrected chi connectivity index (χ3v) is 4.75. The van der Waals surface area contributed by atoms with Crippen molar-refractivity contribution in [2.24, 2.45) is 5.92 Å². The molecule has 1 aliphatic rings. The normalized spacial score (nSPS) is 18.8. The number of nitrogens with zero attached hydrogens (tertiary/aromatic N) is 2. The van der Waals surface area contributed by atoms with Crippen molar-refractivity contribution in [1.29, 1.82) is 0 Å². The predicted octanol–water partition coefficient (Wildman–Crippen LogP) is 2.50. The van der Waals surface area contributed by atoms with E-state index in [0.29, 0.717) is 12.0 Å². The Bertz CT molecular complexity index is 467. The fourth-order valence-corrected chi connectivity index (χ4v) is 3.15. The first-order valence-corrected chi connectivity index (χ1v) is 8.35. The second kappa shape index (κ2) is 8.04. The van der Waals surface area contributed by atoms with Gasteiger partial charge in [-0.15, -0.1) is 0 Å².